The number of hydrogen-bond donors (Lipinski definition) is 1. The second-order valence-electron chi connectivity index (χ2n) is 6.44. The molecule has 1 fully saturated rings. The lowest BCUT2D eigenvalue weighted by Crippen LogP contribution is -2.43. The van der Waals surface area contributed by atoms with Crippen LogP contribution in [0.4, 0.5) is 4.39 Å². The predicted molar refractivity (Wildman–Crippen MR) is 103 cm³/mol. The fraction of sp³-hybridized carbons (Fsp3) is 0.400. The largest absolute Gasteiger partial charge is 0.338 e. The van der Waals surface area contributed by atoms with Gasteiger partial charge in [-0.1, -0.05) is 18.2 Å². The quantitative estimate of drug-likeness (QED) is 0.811. The first-order valence-electron chi connectivity index (χ1n) is 8.94. The molecule has 1 atom stereocenters. The molecule has 26 heavy (non-hydrogen) atoms. The van der Waals surface area contributed by atoms with Crippen LogP contribution in [0.3, 0.4) is 0 Å². The highest BCUT2D eigenvalue weighted by Gasteiger charge is 2.21. The van der Waals surface area contributed by atoms with Crippen molar-refractivity contribution >= 4 is 17.7 Å². The number of nitrogens with one attached hydrogen (secondary N) is 1. The number of amides is 1. The van der Waals surface area contributed by atoms with Crippen molar-refractivity contribution < 1.29 is 9.18 Å². The zero-order valence-corrected chi connectivity index (χ0v) is 15.6. The first kappa shape index (κ1) is 18.9. The normalized spacial score (nSPS) is 17.0. The molecule has 1 aliphatic rings. The molecule has 1 unspecified atom stereocenters. The number of benzene rings is 1. The van der Waals surface area contributed by atoms with E-state index in [4.69, 9.17) is 0 Å². The van der Waals surface area contributed by atoms with Gasteiger partial charge in [-0.05, 0) is 29.8 Å². The lowest BCUT2D eigenvalue weighted by atomic mass is 10.1. The van der Waals surface area contributed by atoms with E-state index in [0.717, 1.165) is 29.3 Å². The maximum absolute atomic E-state index is 13.2. The minimum absolute atomic E-state index is 0.130. The Morgan fingerprint density at radius 1 is 1.27 bits per heavy atom. The third-order valence-electron chi connectivity index (χ3n) is 4.42. The van der Waals surface area contributed by atoms with Crippen LogP contribution >= 0.6 is 11.8 Å². The molecule has 1 aromatic carbocycles. The molecule has 1 amide bonds. The third kappa shape index (κ3) is 5.81. The van der Waals surface area contributed by atoms with Crippen LogP contribution in [0.15, 0.2) is 48.7 Å². The molecule has 0 aliphatic carbocycles. The van der Waals surface area contributed by atoms with E-state index in [1.165, 1.54) is 12.1 Å². The Balaban J connectivity index is 1.64. The second kappa shape index (κ2) is 9.69. The number of halogens is 1. The maximum Gasteiger partial charge on any atom is 0.224 e. The summed E-state index contributed by atoms with van der Waals surface area (Å²) in [7, 11) is 0. The van der Waals surface area contributed by atoms with E-state index in [0.29, 0.717) is 25.9 Å². The van der Waals surface area contributed by atoms with Crippen molar-refractivity contribution in [3.63, 3.8) is 0 Å². The molecule has 0 bridgehead atoms. The Kier molecular flexibility index (Phi) is 7.03. The molecule has 3 rings (SSSR count). The second-order valence-corrected chi connectivity index (χ2v) is 7.59. The van der Waals surface area contributed by atoms with Crippen molar-refractivity contribution in [1.29, 1.82) is 0 Å². The number of carbonyl (C=O) groups excluding carboxylic acids is 1. The highest BCUT2D eigenvalue weighted by molar-refractivity contribution is 7.99. The van der Waals surface area contributed by atoms with Crippen molar-refractivity contribution in [2.24, 2.45) is 0 Å². The van der Waals surface area contributed by atoms with E-state index in [1.54, 1.807) is 18.3 Å². The number of rotatable bonds is 7. The van der Waals surface area contributed by atoms with Crippen LogP contribution in [-0.2, 0) is 17.8 Å². The molecule has 4 nitrogen and oxygen atoms in total. The summed E-state index contributed by atoms with van der Waals surface area (Å²) in [6, 6.07) is 12.4. The smallest absolute Gasteiger partial charge is 0.224 e. The van der Waals surface area contributed by atoms with Gasteiger partial charge in [-0.2, -0.15) is 11.8 Å². The molecule has 2 aromatic rings. The average molecular weight is 373 g/mol. The predicted octanol–water partition coefficient (Wildman–Crippen LogP) is 2.89. The topological polar surface area (TPSA) is 45.2 Å². The van der Waals surface area contributed by atoms with Crippen LogP contribution < -0.4 is 5.32 Å². The van der Waals surface area contributed by atoms with Gasteiger partial charge in [0, 0.05) is 61.9 Å². The zero-order valence-electron chi connectivity index (χ0n) is 14.7. The van der Waals surface area contributed by atoms with Crippen LogP contribution in [0.2, 0.25) is 0 Å². The standard InChI is InChI=1S/C20H24FN3OS/c21-17-6-4-16(5-7-17)14-24(11-8-18-3-1-2-9-22-18)20(25)13-19-15-26-12-10-23-19/h1-7,9,19,23H,8,10-15H2. The molecule has 138 valence electrons. The molecule has 2 heterocycles. The first-order valence-corrected chi connectivity index (χ1v) is 10.1. The van der Waals surface area contributed by atoms with Crippen LogP contribution in [0.1, 0.15) is 17.7 Å². The Hall–Kier alpha value is -1.92. The van der Waals surface area contributed by atoms with Crippen molar-refractivity contribution in [2.45, 2.75) is 25.4 Å². The molecule has 1 N–H and O–H groups in total. The molecule has 0 radical (unpaired) electrons. The maximum atomic E-state index is 13.2. The molecular formula is C20H24FN3OS. The monoisotopic (exact) mass is 373 g/mol. The summed E-state index contributed by atoms with van der Waals surface area (Å²) >= 11 is 1.89. The van der Waals surface area contributed by atoms with Crippen LogP contribution in [0, 0.1) is 5.82 Å². The molecule has 6 heteroatoms. The van der Waals surface area contributed by atoms with E-state index in [2.05, 4.69) is 10.3 Å². The van der Waals surface area contributed by atoms with Gasteiger partial charge in [-0.3, -0.25) is 9.78 Å². The molecule has 1 aromatic heterocycles. The molecule has 1 aliphatic heterocycles. The van der Waals surface area contributed by atoms with Gasteiger partial charge in [-0.25, -0.2) is 4.39 Å². The number of carbonyl (C=O) groups is 1. The van der Waals surface area contributed by atoms with Gasteiger partial charge in [0.15, 0.2) is 0 Å². The first-order chi connectivity index (χ1) is 12.7. The SMILES string of the molecule is O=C(CC1CSCCN1)N(CCc1ccccn1)Cc1ccc(F)cc1. The van der Waals surface area contributed by atoms with Gasteiger partial charge in [0.2, 0.25) is 5.91 Å². The molecular weight excluding hydrogens is 349 g/mol. The average Bonchev–Trinajstić information content (AvgIpc) is 2.68. The Morgan fingerprint density at radius 2 is 2.12 bits per heavy atom. The number of hydrogen-bond acceptors (Lipinski definition) is 4. The lowest BCUT2D eigenvalue weighted by Gasteiger charge is -2.27. The fourth-order valence-corrected chi connectivity index (χ4v) is 3.94. The Morgan fingerprint density at radius 3 is 2.81 bits per heavy atom. The minimum Gasteiger partial charge on any atom is -0.338 e. The third-order valence-corrected chi connectivity index (χ3v) is 5.55. The zero-order chi connectivity index (χ0) is 18.2. The van der Waals surface area contributed by atoms with E-state index < -0.39 is 0 Å². The van der Waals surface area contributed by atoms with E-state index in [1.807, 2.05) is 34.9 Å². The molecule has 0 saturated carbocycles. The molecule has 1 saturated heterocycles. The van der Waals surface area contributed by atoms with Crippen molar-refractivity contribution in [3.8, 4) is 0 Å². The summed E-state index contributed by atoms with van der Waals surface area (Å²) in [5, 5.41) is 3.42. The van der Waals surface area contributed by atoms with Crippen LogP contribution in [-0.4, -0.2) is 46.4 Å². The number of nitrogens with zero attached hydrogens (tertiary/aromatic N) is 2. The van der Waals surface area contributed by atoms with Gasteiger partial charge in [-0.15, -0.1) is 0 Å². The number of pyridine rings is 1. The van der Waals surface area contributed by atoms with E-state index >= 15 is 0 Å². The number of thioether (sulfide) groups is 1. The summed E-state index contributed by atoms with van der Waals surface area (Å²) in [5.74, 6) is 1.94. The van der Waals surface area contributed by atoms with Gasteiger partial charge in [0.1, 0.15) is 5.82 Å². The summed E-state index contributed by atoms with van der Waals surface area (Å²) < 4.78 is 13.2. The summed E-state index contributed by atoms with van der Waals surface area (Å²) in [4.78, 5) is 19.1. The van der Waals surface area contributed by atoms with Gasteiger partial charge >= 0.3 is 0 Å². The molecule has 0 spiro atoms. The number of aromatic nitrogens is 1. The highest BCUT2D eigenvalue weighted by Crippen LogP contribution is 2.14. The Labute approximate surface area is 158 Å². The summed E-state index contributed by atoms with van der Waals surface area (Å²) in [5.41, 5.74) is 1.91. The van der Waals surface area contributed by atoms with E-state index in [-0.39, 0.29) is 17.8 Å². The minimum atomic E-state index is -0.261. The van der Waals surface area contributed by atoms with Crippen LogP contribution in [0.5, 0.6) is 0 Å². The highest BCUT2D eigenvalue weighted by atomic mass is 32.2. The lowest BCUT2D eigenvalue weighted by molar-refractivity contribution is -0.132. The van der Waals surface area contributed by atoms with Crippen molar-refractivity contribution in [3.05, 3.63) is 65.7 Å². The summed E-state index contributed by atoms with van der Waals surface area (Å²) in [6.07, 6.45) is 2.97. The van der Waals surface area contributed by atoms with Gasteiger partial charge in [0.05, 0.1) is 0 Å². The van der Waals surface area contributed by atoms with Crippen molar-refractivity contribution in [1.82, 2.24) is 15.2 Å². The van der Waals surface area contributed by atoms with Gasteiger partial charge in [0.25, 0.3) is 0 Å². The Bertz CT molecular complexity index is 690. The van der Waals surface area contributed by atoms with E-state index in [9.17, 15) is 9.18 Å². The fourth-order valence-electron chi connectivity index (χ4n) is 2.99. The summed E-state index contributed by atoms with van der Waals surface area (Å²) in [6.45, 7) is 2.05. The van der Waals surface area contributed by atoms with Crippen molar-refractivity contribution in [2.75, 3.05) is 24.6 Å². The van der Waals surface area contributed by atoms with Gasteiger partial charge < -0.3 is 10.2 Å². The van der Waals surface area contributed by atoms with Crippen LogP contribution in [0.25, 0.3) is 0 Å².